The van der Waals surface area contributed by atoms with Crippen molar-refractivity contribution in [1.82, 2.24) is 4.90 Å². The van der Waals surface area contributed by atoms with Crippen LogP contribution in [0.25, 0.3) is 0 Å². The fourth-order valence-electron chi connectivity index (χ4n) is 4.05. The Morgan fingerprint density at radius 1 is 1.19 bits per heavy atom. The van der Waals surface area contributed by atoms with E-state index in [4.69, 9.17) is 16.3 Å². The SMILES string of the molecule is Cc1cc(Cl)c(C(C)C)cc1OC(=O)CCN1C(=O)[C@H]2CCCC[C@H]2C1=O. The highest BCUT2D eigenvalue weighted by molar-refractivity contribution is 6.31. The zero-order chi connectivity index (χ0) is 19.7. The number of hydrogen-bond acceptors (Lipinski definition) is 4. The zero-order valence-corrected chi connectivity index (χ0v) is 16.8. The molecule has 1 heterocycles. The van der Waals surface area contributed by atoms with Crippen molar-refractivity contribution in [1.29, 1.82) is 0 Å². The van der Waals surface area contributed by atoms with Crippen molar-refractivity contribution in [3.8, 4) is 5.75 Å². The van der Waals surface area contributed by atoms with Crippen molar-refractivity contribution in [3.63, 3.8) is 0 Å². The summed E-state index contributed by atoms with van der Waals surface area (Å²) >= 11 is 6.25. The molecule has 146 valence electrons. The van der Waals surface area contributed by atoms with Crippen LogP contribution in [0.5, 0.6) is 5.75 Å². The van der Waals surface area contributed by atoms with E-state index in [-0.39, 0.29) is 42.5 Å². The molecular formula is C21H26ClNO4. The van der Waals surface area contributed by atoms with Crippen molar-refractivity contribution in [2.45, 2.75) is 58.8 Å². The second-order valence-electron chi connectivity index (χ2n) is 7.84. The van der Waals surface area contributed by atoms with Crippen LogP contribution in [0.2, 0.25) is 5.02 Å². The molecule has 6 heteroatoms. The van der Waals surface area contributed by atoms with Crippen LogP contribution in [0, 0.1) is 18.8 Å². The summed E-state index contributed by atoms with van der Waals surface area (Å²) in [6.07, 6.45) is 3.53. The molecule has 2 atom stereocenters. The molecule has 0 N–H and O–H groups in total. The molecular weight excluding hydrogens is 366 g/mol. The zero-order valence-electron chi connectivity index (χ0n) is 16.1. The Morgan fingerprint density at radius 3 is 2.33 bits per heavy atom. The van der Waals surface area contributed by atoms with Gasteiger partial charge >= 0.3 is 5.97 Å². The van der Waals surface area contributed by atoms with Crippen molar-refractivity contribution < 1.29 is 19.1 Å². The number of halogens is 1. The van der Waals surface area contributed by atoms with Gasteiger partial charge in [-0.2, -0.15) is 0 Å². The predicted molar refractivity (Wildman–Crippen MR) is 103 cm³/mol. The number of ether oxygens (including phenoxy) is 1. The van der Waals surface area contributed by atoms with Gasteiger partial charge in [-0.25, -0.2) is 0 Å². The second-order valence-corrected chi connectivity index (χ2v) is 8.25. The number of carbonyl (C=O) groups excluding carboxylic acids is 3. The van der Waals surface area contributed by atoms with Gasteiger partial charge in [0, 0.05) is 11.6 Å². The third-order valence-corrected chi connectivity index (χ3v) is 5.94. The van der Waals surface area contributed by atoms with E-state index < -0.39 is 5.97 Å². The summed E-state index contributed by atoms with van der Waals surface area (Å²) in [5.74, 6) is -0.390. The number of aryl methyl sites for hydroxylation is 1. The van der Waals surface area contributed by atoms with E-state index in [0.29, 0.717) is 10.8 Å². The van der Waals surface area contributed by atoms with Gasteiger partial charge in [0.1, 0.15) is 5.75 Å². The molecule has 1 saturated heterocycles. The summed E-state index contributed by atoms with van der Waals surface area (Å²) in [5.41, 5.74) is 1.69. The van der Waals surface area contributed by atoms with Crippen LogP contribution in [-0.2, 0) is 14.4 Å². The summed E-state index contributed by atoms with van der Waals surface area (Å²) in [4.78, 5) is 38.5. The Bertz CT molecular complexity index is 750. The van der Waals surface area contributed by atoms with E-state index in [0.717, 1.165) is 36.8 Å². The highest BCUT2D eigenvalue weighted by Gasteiger charge is 2.47. The summed E-state index contributed by atoms with van der Waals surface area (Å²) in [6.45, 7) is 5.96. The molecule has 0 bridgehead atoms. The molecule has 1 saturated carbocycles. The van der Waals surface area contributed by atoms with Crippen molar-refractivity contribution >= 4 is 29.4 Å². The number of benzene rings is 1. The first-order chi connectivity index (χ1) is 12.8. The van der Waals surface area contributed by atoms with Gasteiger partial charge in [-0.3, -0.25) is 19.3 Å². The topological polar surface area (TPSA) is 63.7 Å². The van der Waals surface area contributed by atoms with Gasteiger partial charge in [0.25, 0.3) is 0 Å². The fourth-order valence-corrected chi connectivity index (χ4v) is 4.49. The smallest absolute Gasteiger partial charge is 0.313 e. The normalized spacial score (nSPS) is 22.3. The third-order valence-electron chi connectivity index (χ3n) is 5.61. The van der Waals surface area contributed by atoms with Crippen molar-refractivity contribution in [2.75, 3.05) is 6.54 Å². The first-order valence-corrected chi connectivity index (χ1v) is 10.0. The highest BCUT2D eigenvalue weighted by Crippen LogP contribution is 2.38. The van der Waals surface area contributed by atoms with Gasteiger partial charge in [0.05, 0.1) is 18.3 Å². The molecule has 2 amide bonds. The molecule has 1 aliphatic heterocycles. The molecule has 2 aliphatic rings. The van der Waals surface area contributed by atoms with Crippen LogP contribution in [0.15, 0.2) is 12.1 Å². The minimum Gasteiger partial charge on any atom is -0.426 e. The fraction of sp³-hybridized carbons (Fsp3) is 0.571. The van der Waals surface area contributed by atoms with E-state index in [1.807, 2.05) is 20.8 Å². The van der Waals surface area contributed by atoms with Gasteiger partial charge < -0.3 is 4.74 Å². The third kappa shape index (κ3) is 4.03. The summed E-state index contributed by atoms with van der Waals surface area (Å²) in [6, 6.07) is 3.58. The average molecular weight is 392 g/mol. The standard InChI is InChI=1S/C21H26ClNO4/c1-12(2)16-11-18(13(3)10-17(16)22)27-19(24)8-9-23-20(25)14-6-4-5-7-15(14)21(23)26/h10-12,14-15H,4-9H2,1-3H3/t14-,15+. The molecule has 2 fully saturated rings. The summed E-state index contributed by atoms with van der Waals surface area (Å²) < 4.78 is 5.49. The lowest BCUT2D eigenvalue weighted by molar-refractivity contribution is -0.141. The van der Waals surface area contributed by atoms with Crippen LogP contribution in [0.4, 0.5) is 0 Å². The Morgan fingerprint density at radius 2 is 1.78 bits per heavy atom. The van der Waals surface area contributed by atoms with Gasteiger partial charge in [-0.05, 0) is 48.9 Å². The molecule has 0 radical (unpaired) electrons. The van der Waals surface area contributed by atoms with Crippen LogP contribution in [0.3, 0.4) is 0 Å². The number of esters is 1. The largest absolute Gasteiger partial charge is 0.426 e. The van der Waals surface area contributed by atoms with E-state index in [1.54, 1.807) is 12.1 Å². The lowest BCUT2D eigenvalue weighted by Gasteiger charge is -2.19. The van der Waals surface area contributed by atoms with Gasteiger partial charge in [-0.15, -0.1) is 0 Å². The Labute approximate surface area is 165 Å². The maximum Gasteiger partial charge on any atom is 0.313 e. The Kier molecular flexibility index (Phi) is 5.89. The molecule has 0 spiro atoms. The number of fused-ring (bicyclic) bond motifs is 1. The number of carbonyl (C=O) groups is 3. The number of nitrogens with zero attached hydrogens (tertiary/aromatic N) is 1. The summed E-state index contributed by atoms with van der Waals surface area (Å²) in [7, 11) is 0. The molecule has 5 nitrogen and oxygen atoms in total. The van der Waals surface area contributed by atoms with E-state index in [9.17, 15) is 14.4 Å². The maximum atomic E-state index is 12.5. The maximum absolute atomic E-state index is 12.5. The number of likely N-dealkylation sites (tertiary alicyclic amines) is 1. The first-order valence-electron chi connectivity index (χ1n) is 9.65. The number of amides is 2. The monoisotopic (exact) mass is 391 g/mol. The van der Waals surface area contributed by atoms with Gasteiger partial charge in [-0.1, -0.05) is 38.3 Å². The van der Waals surface area contributed by atoms with E-state index in [2.05, 4.69) is 0 Å². The van der Waals surface area contributed by atoms with Crippen LogP contribution in [-0.4, -0.2) is 29.2 Å². The quantitative estimate of drug-likeness (QED) is 0.427. The van der Waals surface area contributed by atoms with Crippen molar-refractivity contribution in [3.05, 3.63) is 28.3 Å². The minimum absolute atomic E-state index is 0.00397. The van der Waals surface area contributed by atoms with Gasteiger partial charge in [0.15, 0.2) is 0 Å². The predicted octanol–water partition coefficient (Wildman–Crippen LogP) is 4.24. The number of rotatable bonds is 5. The molecule has 1 aliphatic carbocycles. The first kappa shape index (κ1) is 19.9. The lowest BCUT2D eigenvalue weighted by Crippen LogP contribution is -2.33. The average Bonchev–Trinajstić information content (AvgIpc) is 2.86. The lowest BCUT2D eigenvalue weighted by atomic mass is 9.81. The molecule has 27 heavy (non-hydrogen) atoms. The number of imide groups is 1. The van der Waals surface area contributed by atoms with E-state index >= 15 is 0 Å². The molecule has 0 unspecified atom stereocenters. The van der Waals surface area contributed by atoms with Crippen LogP contribution in [0.1, 0.15) is 63.0 Å². The van der Waals surface area contributed by atoms with Gasteiger partial charge in [0.2, 0.25) is 11.8 Å². The number of hydrogen-bond donors (Lipinski definition) is 0. The molecule has 0 aromatic heterocycles. The molecule has 3 rings (SSSR count). The molecule has 1 aromatic carbocycles. The van der Waals surface area contributed by atoms with Crippen LogP contribution >= 0.6 is 11.6 Å². The summed E-state index contributed by atoms with van der Waals surface area (Å²) in [5, 5.41) is 0.651. The minimum atomic E-state index is -0.453. The Hall–Kier alpha value is -1.88. The second kappa shape index (κ2) is 8.01. The molecule has 1 aromatic rings. The Balaban J connectivity index is 1.63. The van der Waals surface area contributed by atoms with Crippen molar-refractivity contribution in [2.24, 2.45) is 11.8 Å². The van der Waals surface area contributed by atoms with E-state index in [1.165, 1.54) is 4.90 Å². The highest BCUT2D eigenvalue weighted by atomic mass is 35.5. The van der Waals surface area contributed by atoms with Crippen LogP contribution < -0.4 is 4.74 Å².